The van der Waals surface area contributed by atoms with E-state index in [1.807, 2.05) is 4.90 Å². The minimum atomic E-state index is 0.0263. The number of piperidine rings is 1. The normalized spacial score (nSPS) is 26.7. The second-order valence-corrected chi connectivity index (χ2v) is 4.63. The maximum atomic E-state index is 12.0. The van der Waals surface area contributed by atoms with Crippen molar-refractivity contribution >= 4 is 5.91 Å². The molecule has 1 aromatic rings. The molecule has 0 aromatic carbocycles. The molecule has 1 aromatic heterocycles. The molecular formula is C12H17NO2. The summed E-state index contributed by atoms with van der Waals surface area (Å²) in [5.41, 5.74) is 0. The number of amides is 1. The van der Waals surface area contributed by atoms with Gasteiger partial charge >= 0.3 is 0 Å². The van der Waals surface area contributed by atoms with Crippen LogP contribution >= 0.6 is 0 Å². The van der Waals surface area contributed by atoms with Crippen LogP contribution in [0.2, 0.25) is 0 Å². The van der Waals surface area contributed by atoms with Gasteiger partial charge in [0.2, 0.25) is 0 Å². The molecule has 2 rings (SSSR count). The summed E-state index contributed by atoms with van der Waals surface area (Å²) in [7, 11) is 0. The summed E-state index contributed by atoms with van der Waals surface area (Å²) in [4.78, 5) is 13.9. The molecule has 0 aliphatic carbocycles. The highest BCUT2D eigenvalue weighted by molar-refractivity contribution is 5.91. The minimum absolute atomic E-state index is 0.0263. The van der Waals surface area contributed by atoms with Crippen LogP contribution in [0, 0.1) is 11.8 Å². The molecule has 1 fully saturated rings. The van der Waals surface area contributed by atoms with Crippen molar-refractivity contribution in [3.63, 3.8) is 0 Å². The van der Waals surface area contributed by atoms with E-state index in [1.165, 1.54) is 6.42 Å². The number of carbonyl (C=O) groups is 1. The van der Waals surface area contributed by atoms with E-state index in [-0.39, 0.29) is 5.91 Å². The first-order valence-corrected chi connectivity index (χ1v) is 5.49. The zero-order valence-corrected chi connectivity index (χ0v) is 9.27. The average Bonchev–Trinajstić information content (AvgIpc) is 2.67. The van der Waals surface area contributed by atoms with Gasteiger partial charge in [0.25, 0.3) is 5.91 Å². The summed E-state index contributed by atoms with van der Waals surface area (Å²) < 4.78 is 5.13. The second-order valence-electron chi connectivity index (χ2n) is 4.63. The van der Waals surface area contributed by atoms with Gasteiger partial charge < -0.3 is 9.32 Å². The highest BCUT2D eigenvalue weighted by Crippen LogP contribution is 2.22. The molecule has 0 unspecified atom stereocenters. The van der Waals surface area contributed by atoms with Gasteiger partial charge in [0.05, 0.1) is 6.26 Å². The fourth-order valence-corrected chi connectivity index (χ4v) is 2.38. The van der Waals surface area contributed by atoms with Crippen molar-refractivity contribution in [1.29, 1.82) is 0 Å². The summed E-state index contributed by atoms with van der Waals surface area (Å²) >= 11 is 0. The highest BCUT2D eigenvalue weighted by Gasteiger charge is 2.27. The van der Waals surface area contributed by atoms with Crippen LogP contribution in [0.1, 0.15) is 30.8 Å². The number of hydrogen-bond acceptors (Lipinski definition) is 2. The van der Waals surface area contributed by atoms with Crippen LogP contribution in [0.5, 0.6) is 0 Å². The maximum absolute atomic E-state index is 12.0. The summed E-state index contributed by atoms with van der Waals surface area (Å²) in [5.74, 6) is 1.66. The smallest absolute Gasteiger partial charge is 0.289 e. The number of carbonyl (C=O) groups excluding carboxylic acids is 1. The Labute approximate surface area is 90.1 Å². The van der Waals surface area contributed by atoms with Crippen LogP contribution in [-0.4, -0.2) is 23.9 Å². The summed E-state index contributed by atoms with van der Waals surface area (Å²) in [6, 6.07) is 3.48. The van der Waals surface area contributed by atoms with E-state index in [1.54, 1.807) is 18.4 Å². The van der Waals surface area contributed by atoms with Gasteiger partial charge in [-0.1, -0.05) is 13.8 Å². The third kappa shape index (κ3) is 2.22. The predicted octanol–water partition coefficient (Wildman–Crippen LogP) is 2.40. The molecule has 2 atom stereocenters. The number of likely N-dealkylation sites (tertiary alicyclic amines) is 1. The number of furan rings is 1. The van der Waals surface area contributed by atoms with Crippen molar-refractivity contribution in [2.45, 2.75) is 20.3 Å². The first-order chi connectivity index (χ1) is 7.16. The van der Waals surface area contributed by atoms with E-state index in [9.17, 15) is 4.79 Å². The Morgan fingerprint density at radius 3 is 2.60 bits per heavy atom. The molecule has 1 amide bonds. The van der Waals surface area contributed by atoms with Gasteiger partial charge in [0.1, 0.15) is 0 Å². The number of hydrogen-bond donors (Lipinski definition) is 0. The lowest BCUT2D eigenvalue weighted by molar-refractivity contribution is 0.0591. The van der Waals surface area contributed by atoms with E-state index >= 15 is 0 Å². The third-order valence-electron chi connectivity index (χ3n) is 2.89. The molecule has 0 saturated carbocycles. The molecule has 0 spiro atoms. The van der Waals surface area contributed by atoms with Crippen molar-refractivity contribution in [1.82, 2.24) is 4.90 Å². The molecular weight excluding hydrogens is 190 g/mol. The van der Waals surface area contributed by atoms with Crippen molar-refractivity contribution in [2.24, 2.45) is 11.8 Å². The Morgan fingerprint density at radius 1 is 1.40 bits per heavy atom. The summed E-state index contributed by atoms with van der Waals surface area (Å²) in [6.07, 6.45) is 2.76. The molecule has 0 bridgehead atoms. The van der Waals surface area contributed by atoms with Gasteiger partial charge in [-0.05, 0) is 30.4 Å². The van der Waals surface area contributed by atoms with E-state index in [4.69, 9.17) is 4.42 Å². The monoisotopic (exact) mass is 207 g/mol. The van der Waals surface area contributed by atoms with Crippen LogP contribution in [-0.2, 0) is 0 Å². The standard InChI is InChI=1S/C12H17NO2/c1-9-6-10(2)8-13(7-9)12(14)11-4-3-5-15-11/h3-5,9-10H,6-8H2,1-2H3/t9-,10-/m0/s1. The van der Waals surface area contributed by atoms with Crippen molar-refractivity contribution < 1.29 is 9.21 Å². The van der Waals surface area contributed by atoms with Gasteiger partial charge in [-0.2, -0.15) is 0 Å². The van der Waals surface area contributed by atoms with E-state index in [0.29, 0.717) is 17.6 Å². The van der Waals surface area contributed by atoms with Gasteiger partial charge in [-0.3, -0.25) is 4.79 Å². The van der Waals surface area contributed by atoms with Gasteiger partial charge in [-0.25, -0.2) is 0 Å². The number of rotatable bonds is 1. The largest absolute Gasteiger partial charge is 0.459 e. The zero-order chi connectivity index (χ0) is 10.8. The molecule has 82 valence electrons. The van der Waals surface area contributed by atoms with Crippen LogP contribution in [0.15, 0.2) is 22.8 Å². The highest BCUT2D eigenvalue weighted by atomic mass is 16.3. The quantitative estimate of drug-likeness (QED) is 0.708. The first-order valence-electron chi connectivity index (χ1n) is 5.49. The Bertz CT molecular complexity index is 321. The lowest BCUT2D eigenvalue weighted by Crippen LogP contribution is -2.42. The second kappa shape index (κ2) is 4.09. The summed E-state index contributed by atoms with van der Waals surface area (Å²) in [6.45, 7) is 6.09. The molecule has 1 saturated heterocycles. The zero-order valence-electron chi connectivity index (χ0n) is 9.27. The third-order valence-corrected chi connectivity index (χ3v) is 2.89. The Morgan fingerprint density at radius 2 is 2.07 bits per heavy atom. The van der Waals surface area contributed by atoms with E-state index < -0.39 is 0 Å². The van der Waals surface area contributed by atoms with Crippen LogP contribution in [0.25, 0.3) is 0 Å². The first kappa shape index (κ1) is 10.3. The van der Waals surface area contributed by atoms with Crippen LogP contribution in [0.3, 0.4) is 0 Å². The lowest BCUT2D eigenvalue weighted by atomic mass is 9.92. The molecule has 0 radical (unpaired) electrons. The molecule has 3 heteroatoms. The topological polar surface area (TPSA) is 33.5 Å². The Kier molecular flexibility index (Phi) is 2.80. The fourth-order valence-electron chi connectivity index (χ4n) is 2.38. The van der Waals surface area contributed by atoms with E-state index in [0.717, 1.165) is 13.1 Å². The van der Waals surface area contributed by atoms with Crippen LogP contribution < -0.4 is 0 Å². The molecule has 0 N–H and O–H groups in total. The molecule has 15 heavy (non-hydrogen) atoms. The Balaban J connectivity index is 2.07. The van der Waals surface area contributed by atoms with Crippen molar-refractivity contribution in [2.75, 3.05) is 13.1 Å². The average molecular weight is 207 g/mol. The van der Waals surface area contributed by atoms with Gasteiger partial charge in [0.15, 0.2) is 5.76 Å². The molecule has 3 nitrogen and oxygen atoms in total. The van der Waals surface area contributed by atoms with E-state index in [2.05, 4.69) is 13.8 Å². The van der Waals surface area contributed by atoms with Crippen LogP contribution in [0.4, 0.5) is 0 Å². The number of nitrogens with zero attached hydrogens (tertiary/aromatic N) is 1. The SMILES string of the molecule is C[C@H]1C[C@H](C)CN(C(=O)c2ccco2)C1. The fraction of sp³-hybridized carbons (Fsp3) is 0.583. The molecule has 1 aliphatic rings. The lowest BCUT2D eigenvalue weighted by Gasteiger charge is -2.34. The Hall–Kier alpha value is -1.25. The van der Waals surface area contributed by atoms with Gasteiger partial charge in [-0.15, -0.1) is 0 Å². The van der Waals surface area contributed by atoms with Crippen molar-refractivity contribution in [3.8, 4) is 0 Å². The minimum Gasteiger partial charge on any atom is -0.459 e. The van der Waals surface area contributed by atoms with Crippen molar-refractivity contribution in [3.05, 3.63) is 24.2 Å². The summed E-state index contributed by atoms with van der Waals surface area (Å²) in [5, 5.41) is 0. The molecule has 2 heterocycles. The predicted molar refractivity (Wildman–Crippen MR) is 57.6 cm³/mol. The van der Waals surface area contributed by atoms with Gasteiger partial charge in [0, 0.05) is 13.1 Å². The molecule has 1 aliphatic heterocycles. The maximum Gasteiger partial charge on any atom is 0.289 e.